The summed E-state index contributed by atoms with van der Waals surface area (Å²) in [5.41, 5.74) is 0. The Bertz CT molecular complexity index is 428. The average Bonchev–Trinajstić information content (AvgIpc) is 2.75. The maximum absolute atomic E-state index is 13.1. The summed E-state index contributed by atoms with van der Waals surface area (Å²) < 4.78 is 41.0. The molecule has 1 aromatic rings. The summed E-state index contributed by atoms with van der Waals surface area (Å²) in [6, 6.07) is -0.747. The van der Waals surface area contributed by atoms with Crippen molar-refractivity contribution < 1.29 is 18.3 Å². The largest absolute Gasteiger partial charge is 0.393 e. The maximum atomic E-state index is 13.1. The zero-order valence-corrected chi connectivity index (χ0v) is 11.1. The van der Waals surface area contributed by atoms with Crippen molar-refractivity contribution in [2.45, 2.75) is 57.3 Å². The van der Waals surface area contributed by atoms with E-state index in [2.05, 4.69) is 4.98 Å². The molecule has 108 valence electrons. The SMILES string of the molecule is CC(C)c1nccn1C1CC(O)CCC1C(F)(F)F. The molecular weight excluding hydrogens is 257 g/mol. The summed E-state index contributed by atoms with van der Waals surface area (Å²) >= 11 is 0. The van der Waals surface area contributed by atoms with Crippen LogP contribution >= 0.6 is 0 Å². The Morgan fingerprint density at radius 1 is 1.37 bits per heavy atom. The molecule has 0 spiro atoms. The van der Waals surface area contributed by atoms with E-state index in [-0.39, 0.29) is 25.2 Å². The first kappa shape index (κ1) is 14.4. The van der Waals surface area contributed by atoms with Gasteiger partial charge >= 0.3 is 6.18 Å². The van der Waals surface area contributed by atoms with Crippen molar-refractivity contribution in [2.24, 2.45) is 5.92 Å². The zero-order valence-electron chi connectivity index (χ0n) is 11.1. The van der Waals surface area contributed by atoms with Crippen LogP contribution in [0.15, 0.2) is 12.4 Å². The molecule has 1 aliphatic carbocycles. The van der Waals surface area contributed by atoms with Gasteiger partial charge in [0.2, 0.25) is 0 Å². The Hall–Kier alpha value is -1.04. The minimum absolute atomic E-state index is 0.0228. The molecule has 1 aliphatic rings. The summed E-state index contributed by atoms with van der Waals surface area (Å²) in [6.07, 6.45) is -1.44. The summed E-state index contributed by atoms with van der Waals surface area (Å²) in [4.78, 5) is 4.15. The van der Waals surface area contributed by atoms with Gasteiger partial charge in [0.15, 0.2) is 0 Å². The molecule has 3 unspecified atom stereocenters. The number of aliphatic hydroxyl groups is 1. The van der Waals surface area contributed by atoms with Crippen molar-refractivity contribution in [3.63, 3.8) is 0 Å². The first-order valence-corrected chi connectivity index (χ1v) is 6.58. The lowest BCUT2D eigenvalue weighted by atomic mass is 9.82. The Kier molecular flexibility index (Phi) is 3.90. The quantitative estimate of drug-likeness (QED) is 0.900. The molecule has 1 saturated carbocycles. The van der Waals surface area contributed by atoms with Gasteiger partial charge in [0.1, 0.15) is 5.82 Å². The third-order valence-corrected chi connectivity index (χ3v) is 3.78. The maximum Gasteiger partial charge on any atom is 0.393 e. The Balaban J connectivity index is 2.34. The van der Waals surface area contributed by atoms with E-state index in [1.807, 2.05) is 13.8 Å². The topological polar surface area (TPSA) is 38.0 Å². The molecule has 0 saturated heterocycles. The number of halogens is 3. The molecule has 1 aromatic heterocycles. The second-order valence-corrected chi connectivity index (χ2v) is 5.53. The summed E-state index contributed by atoms with van der Waals surface area (Å²) in [5, 5.41) is 9.69. The molecule has 1 fully saturated rings. The van der Waals surface area contributed by atoms with Gasteiger partial charge in [-0.05, 0) is 19.3 Å². The molecule has 19 heavy (non-hydrogen) atoms. The van der Waals surface area contributed by atoms with Crippen LogP contribution in [0.3, 0.4) is 0 Å². The van der Waals surface area contributed by atoms with Gasteiger partial charge in [-0.3, -0.25) is 0 Å². The van der Waals surface area contributed by atoms with Crippen LogP contribution in [0.5, 0.6) is 0 Å². The standard InChI is InChI=1S/C13H19F3N2O/c1-8(2)12-17-5-6-18(12)11-7-9(19)3-4-10(11)13(14,15)16/h5-6,8-11,19H,3-4,7H2,1-2H3. The predicted octanol–water partition coefficient (Wildman–Crippen LogP) is 3.27. The number of alkyl halides is 3. The van der Waals surface area contributed by atoms with E-state index in [1.165, 1.54) is 6.20 Å². The van der Waals surface area contributed by atoms with Gasteiger partial charge in [-0.1, -0.05) is 13.8 Å². The van der Waals surface area contributed by atoms with Crippen molar-refractivity contribution in [1.29, 1.82) is 0 Å². The van der Waals surface area contributed by atoms with Crippen molar-refractivity contribution in [1.82, 2.24) is 9.55 Å². The smallest absolute Gasteiger partial charge is 0.393 e. The van der Waals surface area contributed by atoms with E-state index in [0.717, 1.165) is 0 Å². The van der Waals surface area contributed by atoms with Gasteiger partial charge < -0.3 is 9.67 Å². The fourth-order valence-electron chi connectivity index (χ4n) is 2.87. The van der Waals surface area contributed by atoms with Crippen molar-refractivity contribution in [3.05, 3.63) is 18.2 Å². The summed E-state index contributed by atoms with van der Waals surface area (Å²) in [5.74, 6) is -0.695. The van der Waals surface area contributed by atoms with Gasteiger partial charge in [0.05, 0.1) is 12.0 Å². The first-order chi connectivity index (χ1) is 8.80. The van der Waals surface area contributed by atoms with Gasteiger partial charge in [-0.25, -0.2) is 4.98 Å². The highest BCUT2D eigenvalue weighted by atomic mass is 19.4. The van der Waals surface area contributed by atoms with E-state index >= 15 is 0 Å². The minimum Gasteiger partial charge on any atom is -0.393 e. The molecule has 1 N–H and O–H groups in total. The zero-order chi connectivity index (χ0) is 14.2. The summed E-state index contributed by atoms with van der Waals surface area (Å²) in [6.45, 7) is 3.81. The first-order valence-electron chi connectivity index (χ1n) is 6.58. The number of hydrogen-bond acceptors (Lipinski definition) is 2. The lowest BCUT2D eigenvalue weighted by Gasteiger charge is -2.37. The van der Waals surface area contributed by atoms with Crippen LogP contribution in [-0.2, 0) is 0 Å². The minimum atomic E-state index is -4.23. The molecular formula is C13H19F3N2O. The number of aliphatic hydroxyl groups excluding tert-OH is 1. The van der Waals surface area contributed by atoms with Crippen molar-refractivity contribution in [2.75, 3.05) is 0 Å². The molecule has 3 atom stereocenters. The van der Waals surface area contributed by atoms with Crippen LogP contribution in [-0.4, -0.2) is 26.9 Å². The van der Waals surface area contributed by atoms with E-state index < -0.39 is 24.2 Å². The molecule has 0 aromatic carbocycles. The molecule has 6 heteroatoms. The van der Waals surface area contributed by atoms with Gasteiger partial charge in [-0.15, -0.1) is 0 Å². The fourth-order valence-corrected chi connectivity index (χ4v) is 2.87. The van der Waals surface area contributed by atoms with Crippen molar-refractivity contribution in [3.8, 4) is 0 Å². The highest BCUT2D eigenvalue weighted by molar-refractivity contribution is 5.03. The predicted molar refractivity (Wildman–Crippen MR) is 64.8 cm³/mol. The van der Waals surface area contributed by atoms with E-state index in [0.29, 0.717) is 5.82 Å². The van der Waals surface area contributed by atoms with Crippen LogP contribution in [0, 0.1) is 5.92 Å². The number of hydrogen-bond donors (Lipinski definition) is 1. The van der Waals surface area contributed by atoms with Gasteiger partial charge in [0.25, 0.3) is 0 Å². The van der Waals surface area contributed by atoms with Gasteiger partial charge in [0, 0.05) is 24.4 Å². The lowest BCUT2D eigenvalue weighted by Crippen LogP contribution is -2.39. The molecule has 0 aliphatic heterocycles. The van der Waals surface area contributed by atoms with Crippen LogP contribution in [0.4, 0.5) is 13.2 Å². The fraction of sp³-hybridized carbons (Fsp3) is 0.769. The third-order valence-electron chi connectivity index (χ3n) is 3.78. The highest BCUT2D eigenvalue weighted by Crippen LogP contribution is 2.44. The van der Waals surface area contributed by atoms with Crippen LogP contribution in [0.1, 0.15) is 50.9 Å². The number of rotatable bonds is 2. The second kappa shape index (κ2) is 5.15. The van der Waals surface area contributed by atoms with E-state index in [1.54, 1.807) is 10.8 Å². The number of nitrogens with zero attached hydrogens (tertiary/aromatic N) is 2. The van der Waals surface area contributed by atoms with Crippen LogP contribution < -0.4 is 0 Å². The molecule has 0 bridgehead atoms. The second-order valence-electron chi connectivity index (χ2n) is 5.53. The lowest BCUT2D eigenvalue weighted by molar-refractivity contribution is -0.198. The van der Waals surface area contributed by atoms with Crippen molar-refractivity contribution >= 4 is 0 Å². The molecule has 2 rings (SSSR count). The monoisotopic (exact) mass is 276 g/mol. The molecule has 1 heterocycles. The van der Waals surface area contributed by atoms with E-state index in [4.69, 9.17) is 0 Å². The van der Waals surface area contributed by atoms with Crippen LogP contribution in [0.25, 0.3) is 0 Å². The Labute approximate surface area is 110 Å². The van der Waals surface area contributed by atoms with Gasteiger partial charge in [-0.2, -0.15) is 13.2 Å². The molecule has 0 amide bonds. The molecule has 0 radical (unpaired) electrons. The number of imidazole rings is 1. The Morgan fingerprint density at radius 3 is 2.63 bits per heavy atom. The number of aromatic nitrogens is 2. The Morgan fingerprint density at radius 2 is 2.05 bits per heavy atom. The summed E-state index contributed by atoms with van der Waals surface area (Å²) in [7, 11) is 0. The average molecular weight is 276 g/mol. The molecule has 3 nitrogen and oxygen atoms in total. The highest BCUT2D eigenvalue weighted by Gasteiger charge is 2.48. The normalized spacial score (nSPS) is 28.9. The van der Waals surface area contributed by atoms with Crippen LogP contribution in [0.2, 0.25) is 0 Å². The third kappa shape index (κ3) is 2.94. The van der Waals surface area contributed by atoms with E-state index in [9.17, 15) is 18.3 Å².